The van der Waals surface area contributed by atoms with Gasteiger partial charge in [-0.25, -0.2) is 0 Å². The van der Waals surface area contributed by atoms with Gasteiger partial charge >= 0.3 is 0 Å². The van der Waals surface area contributed by atoms with Crippen LogP contribution in [0, 0.1) is 6.92 Å². The lowest BCUT2D eigenvalue weighted by atomic mass is 9.91. The summed E-state index contributed by atoms with van der Waals surface area (Å²) >= 11 is 0. The van der Waals surface area contributed by atoms with Gasteiger partial charge in [-0.15, -0.1) is 0 Å². The van der Waals surface area contributed by atoms with Crippen molar-refractivity contribution in [2.75, 3.05) is 53.6 Å². The van der Waals surface area contributed by atoms with Gasteiger partial charge in [0.15, 0.2) is 6.29 Å². The minimum Gasteiger partial charge on any atom is -0.398 e. The van der Waals surface area contributed by atoms with Crippen LogP contribution < -0.4 is 11.1 Å². The predicted molar refractivity (Wildman–Crippen MR) is 161 cm³/mol. The molecule has 0 spiro atoms. The molecule has 3 aromatic rings. The number of nitrogen functional groups attached to an aromatic ring is 1. The molecule has 0 fully saturated rings. The minimum absolute atomic E-state index is 0.164. The molecule has 208 valence electrons. The van der Waals surface area contributed by atoms with E-state index in [4.69, 9.17) is 5.73 Å². The number of amides is 1. The van der Waals surface area contributed by atoms with Crippen molar-refractivity contribution in [3.63, 3.8) is 0 Å². The van der Waals surface area contributed by atoms with Crippen LogP contribution in [0.1, 0.15) is 39.7 Å². The molecular weight excluding hydrogens is 490 g/mol. The van der Waals surface area contributed by atoms with Crippen molar-refractivity contribution in [3.05, 3.63) is 76.6 Å². The molecule has 0 atom stereocenters. The fourth-order valence-electron chi connectivity index (χ4n) is 3.93. The maximum absolute atomic E-state index is 12.7. The summed E-state index contributed by atoms with van der Waals surface area (Å²) < 4.78 is 0. The van der Waals surface area contributed by atoms with E-state index < -0.39 is 0 Å². The summed E-state index contributed by atoms with van der Waals surface area (Å²) in [6.45, 7) is 6.13. The van der Waals surface area contributed by atoms with Crippen LogP contribution >= 0.6 is 0 Å². The topological polar surface area (TPSA) is 112 Å². The van der Waals surface area contributed by atoms with Gasteiger partial charge in [0.2, 0.25) is 0 Å². The van der Waals surface area contributed by atoms with E-state index >= 15 is 0 Å². The second kappa shape index (κ2) is 15.4. The first-order valence-corrected chi connectivity index (χ1v) is 13.0. The molecule has 8 nitrogen and oxygen atoms in total. The summed E-state index contributed by atoms with van der Waals surface area (Å²) in [6.07, 6.45) is 5.31. The zero-order valence-corrected chi connectivity index (χ0v) is 23.9. The molecule has 0 aliphatic heterocycles. The lowest BCUT2D eigenvalue weighted by molar-refractivity contribution is -0.107. The molecule has 8 heteroatoms. The summed E-state index contributed by atoms with van der Waals surface area (Å²) in [4.78, 5) is 43.1. The lowest BCUT2D eigenvalue weighted by Crippen LogP contribution is -2.33. The molecule has 0 unspecified atom stereocenters. The monoisotopic (exact) mass is 531 g/mol. The van der Waals surface area contributed by atoms with Crippen LogP contribution in [0.3, 0.4) is 0 Å². The van der Waals surface area contributed by atoms with Gasteiger partial charge in [0.05, 0.1) is 5.56 Å². The number of anilines is 1. The van der Waals surface area contributed by atoms with Crippen molar-refractivity contribution in [3.8, 4) is 11.1 Å². The fraction of sp³-hybridized carbons (Fsp3) is 0.323. The van der Waals surface area contributed by atoms with Crippen LogP contribution in [-0.2, 0) is 16.0 Å². The molecule has 0 saturated carbocycles. The van der Waals surface area contributed by atoms with Gasteiger partial charge in [-0.1, -0.05) is 43.3 Å². The molecule has 0 aliphatic carbocycles. The molecule has 0 bridgehead atoms. The summed E-state index contributed by atoms with van der Waals surface area (Å²) in [5.41, 5.74) is 12.3. The molecule has 2 aromatic carbocycles. The normalized spacial score (nSPS) is 11.2. The van der Waals surface area contributed by atoms with Crippen molar-refractivity contribution in [2.45, 2.75) is 20.3 Å². The first-order chi connectivity index (χ1) is 18.6. The van der Waals surface area contributed by atoms with Gasteiger partial charge in [0, 0.05) is 48.2 Å². The van der Waals surface area contributed by atoms with Gasteiger partial charge in [-0.05, 0) is 76.1 Å². The quantitative estimate of drug-likeness (QED) is 0.197. The standard InChI is InChI=1S/C28H32N4O3.C3H9N/c1-4-32(3)13-12-30-28(35)24-17-31-26(19(24)2)16-22(18-34)27-23(9-6-10-25(27)29)21-8-5-7-20(15-21)11-14-33;1-4(2)3/h5-10,14-18,31H,4,11-13,29H2,1-3H3,(H,30,35);1-3H3/b22-16+;. The number of likely N-dealkylation sites (N-methyl/N-ethyl adjacent to an activating group) is 1. The molecule has 0 saturated heterocycles. The smallest absolute Gasteiger partial charge is 0.253 e. The van der Waals surface area contributed by atoms with Gasteiger partial charge < -0.3 is 30.6 Å². The maximum atomic E-state index is 12.7. The van der Waals surface area contributed by atoms with E-state index in [9.17, 15) is 14.4 Å². The molecule has 39 heavy (non-hydrogen) atoms. The van der Waals surface area contributed by atoms with Crippen molar-refractivity contribution in [2.24, 2.45) is 0 Å². The van der Waals surface area contributed by atoms with E-state index in [0.717, 1.165) is 47.9 Å². The number of aldehydes is 2. The summed E-state index contributed by atoms with van der Waals surface area (Å²) in [5, 5.41) is 2.94. The summed E-state index contributed by atoms with van der Waals surface area (Å²) in [6, 6.07) is 13.1. The molecule has 1 amide bonds. The highest BCUT2D eigenvalue weighted by molar-refractivity contribution is 6.17. The van der Waals surface area contributed by atoms with Crippen LogP contribution in [0.15, 0.2) is 48.7 Å². The average molecular weight is 532 g/mol. The van der Waals surface area contributed by atoms with Crippen LogP contribution in [-0.4, -0.2) is 81.1 Å². The Morgan fingerprint density at radius 2 is 1.77 bits per heavy atom. The summed E-state index contributed by atoms with van der Waals surface area (Å²) in [5.74, 6) is -0.164. The first-order valence-electron chi connectivity index (χ1n) is 13.0. The Balaban J connectivity index is 0.00000124. The van der Waals surface area contributed by atoms with Crippen LogP contribution in [0.2, 0.25) is 0 Å². The summed E-state index contributed by atoms with van der Waals surface area (Å²) in [7, 11) is 8.00. The number of nitrogens with two attached hydrogens (primary N) is 1. The molecule has 0 aliphatic rings. The lowest BCUT2D eigenvalue weighted by Gasteiger charge is -2.14. The number of nitrogens with one attached hydrogen (secondary N) is 2. The Morgan fingerprint density at radius 3 is 2.41 bits per heavy atom. The molecular formula is C31H41N5O3. The average Bonchev–Trinajstić information content (AvgIpc) is 3.27. The number of hydrogen-bond acceptors (Lipinski definition) is 6. The second-order valence-electron chi connectivity index (χ2n) is 9.79. The van der Waals surface area contributed by atoms with Crippen molar-refractivity contribution in [1.29, 1.82) is 0 Å². The Bertz CT molecular complexity index is 1290. The number of allylic oxidation sites excluding steroid dienone is 1. The van der Waals surface area contributed by atoms with Crippen molar-refractivity contribution < 1.29 is 14.4 Å². The largest absolute Gasteiger partial charge is 0.398 e. The van der Waals surface area contributed by atoms with E-state index in [1.54, 1.807) is 18.3 Å². The van der Waals surface area contributed by atoms with E-state index in [2.05, 4.69) is 22.1 Å². The minimum atomic E-state index is -0.164. The zero-order chi connectivity index (χ0) is 28.9. The van der Waals surface area contributed by atoms with Crippen molar-refractivity contribution >= 4 is 35.8 Å². The Hall–Kier alpha value is -4.01. The number of nitrogens with zero attached hydrogens (tertiary/aromatic N) is 2. The number of carbonyl (C=O) groups excluding carboxylic acids is 3. The fourth-order valence-corrected chi connectivity index (χ4v) is 3.93. The third-order valence-electron chi connectivity index (χ3n) is 6.11. The van der Waals surface area contributed by atoms with E-state index in [1.807, 2.05) is 76.4 Å². The molecule has 4 N–H and O–H groups in total. The van der Waals surface area contributed by atoms with E-state index in [0.29, 0.717) is 41.0 Å². The van der Waals surface area contributed by atoms with Crippen LogP contribution in [0.5, 0.6) is 0 Å². The number of H-pyrrole nitrogens is 1. The number of benzene rings is 2. The highest BCUT2D eigenvalue weighted by Crippen LogP contribution is 2.34. The second-order valence-corrected chi connectivity index (χ2v) is 9.79. The third-order valence-corrected chi connectivity index (χ3v) is 6.11. The zero-order valence-electron chi connectivity index (χ0n) is 23.9. The number of carbonyl (C=O) groups is 3. The highest BCUT2D eigenvalue weighted by atomic mass is 16.1. The van der Waals surface area contributed by atoms with Gasteiger partial charge in [-0.2, -0.15) is 0 Å². The highest BCUT2D eigenvalue weighted by Gasteiger charge is 2.17. The molecule has 3 rings (SSSR count). The van der Waals surface area contributed by atoms with E-state index in [1.165, 1.54) is 0 Å². The maximum Gasteiger partial charge on any atom is 0.253 e. The molecule has 1 aromatic heterocycles. The Morgan fingerprint density at radius 1 is 1.08 bits per heavy atom. The van der Waals surface area contributed by atoms with Gasteiger partial charge in [-0.3, -0.25) is 9.59 Å². The van der Waals surface area contributed by atoms with E-state index in [-0.39, 0.29) is 5.91 Å². The Labute approximate surface area is 231 Å². The SMILES string of the molecule is CCN(C)CCNC(=O)c1c[nH]c(/C=C(\C=O)c2c(N)cccc2-c2cccc(CC=O)c2)c1C.CN(C)C. The number of hydrogen-bond donors (Lipinski definition) is 3. The molecule has 0 radical (unpaired) electrons. The molecule has 1 heterocycles. The predicted octanol–water partition coefficient (Wildman–Crippen LogP) is 3.91. The van der Waals surface area contributed by atoms with Gasteiger partial charge in [0.25, 0.3) is 5.91 Å². The third kappa shape index (κ3) is 9.05. The van der Waals surface area contributed by atoms with Crippen LogP contribution in [0.4, 0.5) is 5.69 Å². The number of rotatable bonds is 11. The van der Waals surface area contributed by atoms with Crippen molar-refractivity contribution in [1.82, 2.24) is 20.1 Å². The van der Waals surface area contributed by atoms with Gasteiger partial charge in [0.1, 0.15) is 6.29 Å². The Kier molecular flexibility index (Phi) is 12.3. The number of aromatic amines is 1. The number of aromatic nitrogens is 1. The first kappa shape index (κ1) is 31.2. The van der Waals surface area contributed by atoms with Crippen LogP contribution in [0.25, 0.3) is 22.8 Å².